The molecule has 4 rings (SSSR count). The Labute approximate surface area is 158 Å². The van der Waals surface area contributed by atoms with Gasteiger partial charge in [0.05, 0.1) is 12.2 Å². The Morgan fingerprint density at radius 2 is 1.85 bits per heavy atom. The van der Waals surface area contributed by atoms with Crippen LogP contribution in [0.15, 0.2) is 59.0 Å². The summed E-state index contributed by atoms with van der Waals surface area (Å²) in [6, 6.07) is 18.3. The summed E-state index contributed by atoms with van der Waals surface area (Å²) in [7, 11) is 0. The number of halogens is 1. The number of oxazole rings is 1. The fourth-order valence-electron chi connectivity index (χ4n) is 3.68. The van der Waals surface area contributed by atoms with Crippen LogP contribution in [0.3, 0.4) is 0 Å². The molecule has 0 bridgehead atoms. The lowest BCUT2D eigenvalue weighted by Crippen LogP contribution is -2.28. The zero-order valence-electron chi connectivity index (χ0n) is 14.7. The third-order valence-corrected chi connectivity index (χ3v) is 5.23. The van der Waals surface area contributed by atoms with Crippen molar-refractivity contribution in [3.8, 4) is 11.3 Å². The molecule has 2 atom stereocenters. The van der Waals surface area contributed by atoms with E-state index >= 15 is 0 Å². The molecule has 26 heavy (non-hydrogen) atoms. The van der Waals surface area contributed by atoms with Crippen molar-refractivity contribution >= 4 is 11.6 Å². The Bertz CT molecular complexity index is 876. The quantitative estimate of drug-likeness (QED) is 0.749. The molecule has 0 radical (unpaired) electrons. The van der Waals surface area contributed by atoms with E-state index in [1.807, 2.05) is 37.3 Å². The molecule has 1 aliphatic rings. The minimum absolute atomic E-state index is 0.129. The van der Waals surface area contributed by atoms with Crippen molar-refractivity contribution in [3.63, 3.8) is 0 Å². The van der Waals surface area contributed by atoms with Gasteiger partial charge >= 0.3 is 0 Å². The number of hydrogen-bond donors (Lipinski definition) is 1. The smallest absolute Gasteiger partial charge is 0.209 e. The molecule has 0 aliphatic carbocycles. The first-order valence-corrected chi connectivity index (χ1v) is 9.23. The monoisotopic (exact) mass is 367 g/mol. The van der Waals surface area contributed by atoms with Gasteiger partial charge in [-0.05, 0) is 36.8 Å². The summed E-state index contributed by atoms with van der Waals surface area (Å²) >= 11 is 5.97. The van der Waals surface area contributed by atoms with E-state index in [4.69, 9.17) is 21.8 Å². The number of benzene rings is 2. The maximum atomic E-state index is 6.39. The largest absolute Gasteiger partial charge is 0.439 e. The van der Waals surface area contributed by atoms with Crippen molar-refractivity contribution in [2.75, 3.05) is 13.1 Å². The van der Waals surface area contributed by atoms with Crippen LogP contribution in [-0.2, 0) is 6.54 Å². The first kappa shape index (κ1) is 17.3. The number of hydrogen-bond acceptors (Lipinski definition) is 4. The van der Waals surface area contributed by atoms with Crippen LogP contribution < -0.4 is 5.73 Å². The summed E-state index contributed by atoms with van der Waals surface area (Å²) in [4.78, 5) is 6.93. The van der Waals surface area contributed by atoms with Gasteiger partial charge in [0.25, 0.3) is 0 Å². The van der Waals surface area contributed by atoms with Gasteiger partial charge in [0.2, 0.25) is 5.89 Å². The van der Waals surface area contributed by atoms with Gasteiger partial charge in [-0.25, -0.2) is 4.98 Å². The topological polar surface area (TPSA) is 55.3 Å². The fraction of sp³-hybridized carbons (Fsp3) is 0.286. The summed E-state index contributed by atoms with van der Waals surface area (Å²) in [5.41, 5.74) is 9.57. The van der Waals surface area contributed by atoms with Crippen molar-refractivity contribution in [3.05, 3.63) is 76.8 Å². The number of likely N-dealkylation sites (tertiary alicyclic amines) is 1. The first-order valence-electron chi connectivity index (χ1n) is 8.85. The van der Waals surface area contributed by atoms with E-state index in [-0.39, 0.29) is 6.04 Å². The van der Waals surface area contributed by atoms with Gasteiger partial charge < -0.3 is 10.2 Å². The fourth-order valence-corrected chi connectivity index (χ4v) is 3.80. The van der Waals surface area contributed by atoms with E-state index in [0.717, 1.165) is 36.0 Å². The molecule has 5 heteroatoms. The van der Waals surface area contributed by atoms with Crippen molar-refractivity contribution < 1.29 is 4.42 Å². The maximum Gasteiger partial charge on any atom is 0.209 e. The molecular weight excluding hydrogens is 346 g/mol. The van der Waals surface area contributed by atoms with Gasteiger partial charge in [-0.15, -0.1) is 0 Å². The van der Waals surface area contributed by atoms with E-state index in [0.29, 0.717) is 17.5 Å². The van der Waals surface area contributed by atoms with Crippen LogP contribution in [-0.4, -0.2) is 29.0 Å². The van der Waals surface area contributed by atoms with Crippen molar-refractivity contribution in [1.82, 2.24) is 9.88 Å². The van der Waals surface area contributed by atoms with Crippen molar-refractivity contribution in [2.24, 2.45) is 5.73 Å². The highest BCUT2D eigenvalue weighted by Gasteiger charge is 2.32. The van der Waals surface area contributed by atoms with Crippen LogP contribution in [0, 0.1) is 6.92 Å². The van der Waals surface area contributed by atoms with Crippen LogP contribution in [0.2, 0.25) is 5.02 Å². The van der Waals surface area contributed by atoms with E-state index in [1.54, 1.807) is 0 Å². The molecule has 2 N–H and O–H groups in total. The first-order chi connectivity index (χ1) is 12.6. The Morgan fingerprint density at radius 1 is 1.12 bits per heavy atom. The Kier molecular flexibility index (Phi) is 4.81. The lowest BCUT2D eigenvalue weighted by molar-refractivity contribution is 0.286. The average Bonchev–Trinajstić information content (AvgIpc) is 3.19. The predicted molar refractivity (Wildman–Crippen MR) is 104 cm³/mol. The highest BCUT2D eigenvalue weighted by Crippen LogP contribution is 2.29. The molecule has 4 nitrogen and oxygen atoms in total. The number of aryl methyl sites for hydroxylation is 1. The van der Waals surface area contributed by atoms with E-state index in [1.165, 1.54) is 5.56 Å². The summed E-state index contributed by atoms with van der Waals surface area (Å²) in [6.07, 6.45) is 0. The van der Waals surface area contributed by atoms with Gasteiger partial charge in [0.15, 0.2) is 5.76 Å². The van der Waals surface area contributed by atoms with Crippen LogP contribution >= 0.6 is 11.6 Å². The molecular formula is C21H22ClN3O. The lowest BCUT2D eigenvalue weighted by Gasteiger charge is -2.14. The van der Waals surface area contributed by atoms with E-state index in [9.17, 15) is 0 Å². The molecule has 134 valence electrons. The number of nitrogens with two attached hydrogens (primary N) is 1. The third kappa shape index (κ3) is 3.54. The number of rotatable bonds is 4. The minimum atomic E-state index is 0.129. The minimum Gasteiger partial charge on any atom is -0.439 e. The predicted octanol–water partition coefficient (Wildman–Crippen LogP) is 4.23. The molecule has 0 saturated carbocycles. The zero-order chi connectivity index (χ0) is 18.1. The highest BCUT2D eigenvalue weighted by molar-refractivity contribution is 6.30. The molecule has 1 saturated heterocycles. The van der Waals surface area contributed by atoms with Gasteiger partial charge in [0, 0.05) is 35.6 Å². The Hall–Kier alpha value is -2.14. The summed E-state index contributed by atoms with van der Waals surface area (Å²) in [5, 5.41) is 0.712. The second kappa shape index (κ2) is 7.23. The van der Waals surface area contributed by atoms with Gasteiger partial charge in [-0.1, -0.05) is 41.9 Å². The van der Waals surface area contributed by atoms with E-state index in [2.05, 4.69) is 34.1 Å². The van der Waals surface area contributed by atoms with Crippen molar-refractivity contribution in [2.45, 2.75) is 25.4 Å². The maximum absolute atomic E-state index is 6.39. The molecule has 3 aromatic rings. The SMILES string of the molecule is Cc1nc(CN2C[C@@H](N)[C@H](c3ccccc3)C2)oc1-c1ccc(Cl)cc1. The normalized spacial score (nSPS) is 20.6. The summed E-state index contributed by atoms with van der Waals surface area (Å²) in [5.74, 6) is 1.89. The highest BCUT2D eigenvalue weighted by atomic mass is 35.5. The van der Waals surface area contributed by atoms with Crippen LogP contribution in [0.4, 0.5) is 0 Å². The summed E-state index contributed by atoms with van der Waals surface area (Å²) < 4.78 is 6.04. The molecule has 2 heterocycles. The standard InChI is InChI=1S/C21H22ClN3O/c1-14-21(16-7-9-17(22)10-8-16)26-20(24-14)13-25-11-18(19(23)12-25)15-5-3-2-4-6-15/h2-10,18-19H,11-13,23H2,1H3/t18-,19+/m0/s1. The number of aromatic nitrogens is 1. The number of nitrogens with zero attached hydrogens (tertiary/aromatic N) is 2. The van der Waals surface area contributed by atoms with Crippen LogP contribution in [0.25, 0.3) is 11.3 Å². The third-order valence-electron chi connectivity index (χ3n) is 4.97. The molecule has 2 aromatic carbocycles. The van der Waals surface area contributed by atoms with Gasteiger partial charge in [-0.2, -0.15) is 0 Å². The average molecular weight is 368 g/mol. The van der Waals surface area contributed by atoms with Crippen LogP contribution in [0.5, 0.6) is 0 Å². The molecule has 0 amide bonds. The second-order valence-electron chi connectivity index (χ2n) is 6.90. The molecule has 0 spiro atoms. The van der Waals surface area contributed by atoms with Gasteiger partial charge in [-0.3, -0.25) is 4.90 Å². The van der Waals surface area contributed by atoms with Crippen molar-refractivity contribution in [1.29, 1.82) is 0 Å². The van der Waals surface area contributed by atoms with E-state index < -0.39 is 0 Å². The van der Waals surface area contributed by atoms with Crippen LogP contribution in [0.1, 0.15) is 23.1 Å². The molecule has 1 aromatic heterocycles. The molecule has 1 aliphatic heterocycles. The molecule has 1 fully saturated rings. The lowest BCUT2D eigenvalue weighted by atomic mass is 9.95. The zero-order valence-corrected chi connectivity index (χ0v) is 15.5. The second-order valence-corrected chi connectivity index (χ2v) is 7.34. The summed E-state index contributed by atoms with van der Waals surface area (Å²) in [6.45, 7) is 4.41. The van der Waals surface area contributed by atoms with Gasteiger partial charge in [0.1, 0.15) is 0 Å². The Morgan fingerprint density at radius 3 is 2.58 bits per heavy atom. The Balaban J connectivity index is 1.48. The molecule has 0 unspecified atom stereocenters.